The molecule has 0 saturated heterocycles. The number of rotatable bonds is 4. The van der Waals surface area contributed by atoms with Crippen LogP contribution < -0.4 is 5.32 Å². The Morgan fingerprint density at radius 3 is 2.75 bits per heavy atom. The van der Waals surface area contributed by atoms with Crippen LogP contribution in [0, 0.1) is 0 Å². The first-order valence-corrected chi connectivity index (χ1v) is 7.08. The third-order valence-electron chi connectivity index (χ3n) is 2.79. The summed E-state index contributed by atoms with van der Waals surface area (Å²) in [5, 5.41) is 14.7. The first kappa shape index (κ1) is 16.0. The van der Waals surface area contributed by atoms with Crippen molar-refractivity contribution in [3.05, 3.63) is 29.9 Å². The maximum absolute atomic E-state index is 12.6. The maximum Gasteiger partial charge on any atom is 0.408 e. The average molecular weight is 360 g/mol. The highest BCUT2D eigenvalue weighted by molar-refractivity contribution is 7.22. The monoisotopic (exact) mass is 360 g/mol. The highest BCUT2D eigenvalue weighted by atomic mass is 32.1. The predicted octanol–water partition coefficient (Wildman–Crippen LogP) is 2.60. The minimum absolute atomic E-state index is 0.0235. The van der Waals surface area contributed by atoms with Gasteiger partial charge in [-0.1, -0.05) is 11.3 Å². The fourth-order valence-electron chi connectivity index (χ4n) is 1.89. The SMILES string of the molecule is O=C(Nc1nc2c(s1)c(C(=O)O)nn2CC(F)(F)F)c1ccco1. The lowest BCUT2D eigenvalue weighted by Gasteiger charge is -2.05. The standard InChI is InChI=1S/C12H7F3N4O4S/c13-12(14,15)4-19-8-7(6(18-19)10(21)22)24-11(16-8)17-9(20)5-2-1-3-23-5/h1-3H,4H2,(H,21,22)(H,16,17,20). The molecule has 0 aliphatic heterocycles. The molecular weight excluding hydrogens is 353 g/mol. The quantitative estimate of drug-likeness (QED) is 0.740. The Kier molecular flexibility index (Phi) is 3.75. The van der Waals surface area contributed by atoms with Crippen LogP contribution in [0.1, 0.15) is 21.0 Å². The number of fused-ring (bicyclic) bond motifs is 1. The van der Waals surface area contributed by atoms with Crippen LogP contribution in [0.25, 0.3) is 10.3 Å². The summed E-state index contributed by atoms with van der Waals surface area (Å²) in [6.07, 6.45) is -3.33. The molecule has 3 aromatic heterocycles. The second kappa shape index (κ2) is 5.63. The van der Waals surface area contributed by atoms with E-state index in [2.05, 4.69) is 15.4 Å². The number of nitrogens with zero attached hydrogens (tertiary/aromatic N) is 3. The number of carbonyl (C=O) groups is 2. The third-order valence-corrected chi connectivity index (χ3v) is 3.75. The number of hydrogen-bond donors (Lipinski definition) is 2. The van der Waals surface area contributed by atoms with Gasteiger partial charge in [-0.3, -0.25) is 10.1 Å². The van der Waals surface area contributed by atoms with Crippen LogP contribution >= 0.6 is 11.3 Å². The molecule has 0 aromatic carbocycles. The van der Waals surface area contributed by atoms with E-state index in [1.807, 2.05) is 0 Å². The van der Waals surface area contributed by atoms with E-state index in [-0.39, 0.29) is 21.2 Å². The van der Waals surface area contributed by atoms with Gasteiger partial charge in [0.15, 0.2) is 22.2 Å². The molecule has 12 heteroatoms. The van der Waals surface area contributed by atoms with E-state index in [9.17, 15) is 22.8 Å². The summed E-state index contributed by atoms with van der Waals surface area (Å²) in [5.41, 5.74) is -0.838. The van der Waals surface area contributed by atoms with Gasteiger partial charge in [-0.15, -0.1) is 0 Å². The average Bonchev–Trinajstić information content (AvgIpc) is 3.14. The van der Waals surface area contributed by atoms with Crippen molar-refractivity contribution in [1.29, 1.82) is 0 Å². The Balaban J connectivity index is 1.98. The second-order valence-electron chi connectivity index (χ2n) is 4.53. The summed E-state index contributed by atoms with van der Waals surface area (Å²) in [5.74, 6) is -2.18. The van der Waals surface area contributed by atoms with Gasteiger partial charge >= 0.3 is 12.1 Å². The molecule has 3 rings (SSSR count). The van der Waals surface area contributed by atoms with Gasteiger partial charge in [0, 0.05) is 0 Å². The van der Waals surface area contributed by atoms with Gasteiger partial charge in [-0.25, -0.2) is 9.48 Å². The minimum atomic E-state index is -4.60. The normalized spacial score (nSPS) is 11.8. The maximum atomic E-state index is 12.6. The van der Waals surface area contributed by atoms with Gasteiger partial charge in [0.1, 0.15) is 11.2 Å². The van der Waals surface area contributed by atoms with Crippen molar-refractivity contribution in [1.82, 2.24) is 14.8 Å². The number of carboxylic acids is 1. The van der Waals surface area contributed by atoms with Crippen molar-refractivity contribution in [3.8, 4) is 0 Å². The summed E-state index contributed by atoms with van der Waals surface area (Å²) in [4.78, 5) is 26.8. The highest BCUT2D eigenvalue weighted by Gasteiger charge is 2.32. The molecule has 0 aliphatic carbocycles. The lowest BCUT2D eigenvalue weighted by Crippen LogP contribution is -2.19. The van der Waals surface area contributed by atoms with Gasteiger partial charge in [-0.2, -0.15) is 23.3 Å². The third kappa shape index (κ3) is 3.08. The zero-order valence-electron chi connectivity index (χ0n) is 11.5. The summed E-state index contributed by atoms with van der Waals surface area (Å²) in [6.45, 7) is -1.49. The van der Waals surface area contributed by atoms with Crippen LogP contribution in [-0.4, -0.2) is 37.9 Å². The summed E-state index contributed by atoms with van der Waals surface area (Å²) in [7, 11) is 0. The minimum Gasteiger partial charge on any atom is -0.476 e. The Hall–Kier alpha value is -2.89. The zero-order chi connectivity index (χ0) is 17.5. The number of alkyl halides is 3. The number of nitrogens with one attached hydrogen (secondary N) is 1. The van der Waals surface area contributed by atoms with Crippen molar-refractivity contribution in [2.24, 2.45) is 0 Å². The number of thiazole rings is 1. The van der Waals surface area contributed by atoms with Crippen LogP contribution in [-0.2, 0) is 6.54 Å². The second-order valence-corrected chi connectivity index (χ2v) is 5.53. The van der Waals surface area contributed by atoms with E-state index < -0.39 is 30.3 Å². The molecule has 0 saturated carbocycles. The Morgan fingerprint density at radius 2 is 2.17 bits per heavy atom. The Morgan fingerprint density at radius 1 is 1.42 bits per heavy atom. The molecule has 1 amide bonds. The molecule has 3 heterocycles. The molecule has 0 spiro atoms. The summed E-state index contributed by atoms with van der Waals surface area (Å²) in [6, 6.07) is 2.87. The fourth-order valence-corrected chi connectivity index (χ4v) is 2.83. The van der Waals surface area contributed by atoms with Crippen molar-refractivity contribution in [2.75, 3.05) is 5.32 Å². The molecule has 0 unspecified atom stereocenters. The number of carbonyl (C=O) groups excluding carboxylic acids is 1. The van der Waals surface area contributed by atoms with Crippen LogP contribution in [0.4, 0.5) is 18.3 Å². The van der Waals surface area contributed by atoms with Crippen molar-refractivity contribution in [3.63, 3.8) is 0 Å². The summed E-state index contributed by atoms with van der Waals surface area (Å²) < 4.78 is 43.0. The van der Waals surface area contributed by atoms with Crippen LogP contribution in [0.5, 0.6) is 0 Å². The number of halogens is 3. The van der Waals surface area contributed by atoms with E-state index in [1.165, 1.54) is 18.4 Å². The molecule has 0 fully saturated rings. The number of carboxylic acid groups (broad SMARTS) is 1. The van der Waals surface area contributed by atoms with Gasteiger partial charge in [0.05, 0.1) is 6.26 Å². The molecule has 3 aromatic rings. The zero-order valence-corrected chi connectivity index (χ0v) is 12.3. The van der Waals surface area contributed by atoms with Gasteiger partial charge < -0.3 is 9.52 Å². The van der Waals surface area contributed by atoms with Gasteiger partial charge in [0.2, 0.25) is 0 Å². The molecule has 126 valence electrons. The van der Waals surface area contributed by atoms with Gasteiger partial charge in [0.25, 0.3) is 5.91 Å². The van der Waals surface area contributed by atoms with E-state index in [1.54, 1.807) is 0 Å². The van der Waals surface area contributed by atoms with Crippen LogP contribution in [0.2, 0.25) is 0 Å². The smallest absolute Gasteiger partial charge is 0.408 e. The molecule has 0 radical (unpaired) electrons. The molecule has 0 bridgehead atoms. The van der Waals surface area contributed by atoms with E-state index >= 15 is 0 Å². The number of amides is 1. The Labute approximate surface area is 134 Å². The number of hydrogen-bond acceptors (Lipinski definition) is 6. The number of aromatic nitrogens is 3. The molecular formula is C12H7F3N4O4S. The first-order valence-electron chi connectivity index (χ1n) is 6.27. The summed E-state index contributed by atoms with van der Waals surface area (Å²) >= 11 is 0.708. The van der Waals surface area contributed by atoms with Gasteiger partial charge in [-0.05, 0) is 12.1 Å². The van der Waals surface area contributed by atoms with Crippen LogP contribution in [0.15, 0.2) is 22.8 Å². The van der Waals surface area contributed by atoms with Crippen molar-refractivity contribution < 1.29 is 32.3 Å². The van der Waals surface area contributed by atoms with E-state index in [4.69, 9.17) is 9.52 Å². The number of aromatic carboxylic acids is 1. The first-order chi connectivity index (χ1) is 11.2. The molecule has 8 nitrogen and oxygen atoms in total. The highest BCUT2D eigenvalue weighted by Crippen LogP contribution is 2.31. The van der Waals surface area contributed by atoms with Crippen LogP contribution in [0.3, 0.4) is 0 Å². The number of anilines is 1. The van der Waals surface area contributed by atoms with E-state index in [0.29, 0.717) is 16.0 Å². The predicted molar refractivity (Wildman–Crippen MR) is 75.1 cm³/mol. The largest absolute Gasteiger partial charge is 0.476 e. The van der Waals surface area contributed by atoms with Crippen molar-refractivity contribution in [2.45, 2.75) is 12.7 Å². The van der Waals surface area contributed by atoms with E-state index in [0.717, 1.165) is 0 Å². The topological polar surface area (TPSA) is 110 Å². The Bertz CT molecular complexity index is 913. The molecule has 24 heavy (non-hydrogen) atoms. The molecule has 0 aliphatic rings. The molecule has 0 atom stereocenters. The number of furan rings is 1. The fraction of sp³-hybridized carbons (Fsp3) is 0.167. The lowest BCUT2D eigenvalue weighted by molar-refractivity contribution is -0.142. The van der Waals surface area contributed by atoms with Crippen molar-refractivity contribution >= 4 is 38.7 Å². The lowest BCUT2D eigenvalue weighted by atomic mass is 10.4. The molecule has 2 N–H and O–H groups in total.